The molecule has 0 aliphatic carbocycles. The standard InChI is InChI=1S/C10H17NO2/c1-5-6-7-8(11)9(12)13-10(2,3)4/h5-7H,11H2,1-4H3. The summed E-state index contributed by atoms with van der Waals surface area (Å²) in [6.07, 6.45) is 5.00. The van der Waals surface area contributed by atoms with Crippen LogP contribution in [0.2, 0.25) is 0 Å². The molecular weight excluding hydrogens is 166 g/mol. The van der Waals surface area contributed by atoms with Crippen LogP contribution in [0.3, 0.4) is 0 Å². The SMILES string of the molecule is CC=CC=C(N)C(=O)OC(C)(C)C. The molecule has 0 aliphatic rings. The predicted octanol–water partition coefficient (Wildman–Crippen LogP) is 1.75. The lowest BCUT2D eigenvalue weighted by Gasteiger charge is -2.19. The first kappa shape index (κ1) is 11.8. The highest BCUT2D eigenvalue weighted by Crippen LogP contribution is 2.08. The molecule has 0 aromatic heterocycles. The second-order valence-electron chi connectivity index (χ2n) is 3.65. The highest BCUT2D eigenvalue weighted by molar-refractivity contribution is 5.87. The van der Waals surface area contributed by atoms with Crippen LogP contribution in [0.5, 0.6) is 0 Å². The van der Waals surface area contributed by atoms with Gasteiger partial charge in [-0.15, -0.1) is 0 Å². The Morgan fingerprint density at radius 3 is 2.31 bits per heavy atom. The van der Waals surface area contributed by atoms with E-state index in [4.69, 9.17) is 10.5 Å². The van der Waals surface area contributed by atoms with Gasteiger partial charge in [0, 0.05) is 0 Å². The quantitative estimate of drug-likeness (QED) is 0.403. The van der Waals surface area contributed by atoms with Gasteiger partial charge in [-0.3, -0.25) is 0 Å². The highest BCUT2D eigenvalue weighted by Gasteiger charge is 2.17. The van der Waals surface area contributed by atoms with Crippen LogP contribution >= 0.6 is 0 Å². The van der Waals surface area contributed by atoms with Crippen LogP contribution in [-0.2, 0) is 9.53 Å². The van der Waals surface area contributed by atoms with Crippen molar-refractivity contribution in [1.82, 2.24) is 0 Å². The summed E-state index contributed by atoms with van der Waals surface area (Å²) >= 11 is 0. The summed E-state index contributed by atoms with van der Waals surface area (Å²) in [5.74, 6) is -0.481. The number of carbonyl (C=O) groups excluding carboxylic acids is 1. The lowest BCUT2D eigenvalue weighted by Crippen LogP contribution is -2.27. The van der Waals surface area contributed by atoms with Crippen molar-refractivity contribution in [1.29, 1.82) is 0 Å². The summed E-state index contributed by atoms with van der Waals surface area (Å²) in [7, 11) is 0. The van der Waals surface area contributed by atoms with Gasteiger partial charge in [-0.25, -0.2) is 4.79 Å². The molecule has 0 atom stereocenters. The molecule has 3 nitrogen and oxygen atoms in total. The van der Waals surface area contributed by atoms with Crippen LogP contribution in [0.4, 0.5) is 0 Å². The van der Waals surface area contributed by atoms with Crippen LogP contribution < -0.4 is 5.73 Å². The average molecular weight is 183 g/mol. The predicted molar refractivity (Wildman–Crippen MR) is 52.9 cm³/mol. The summed E-state index contributed by atoms with van der Waals surface area (Å²) in [4.78, 5) is 11.2. The molecule has 0 amide bonds. The highest BCUT2D eigenvalue weighted by atomic mass is 16.6. The lowest BCUT2D eigenvalue weighted by atomic mass is 10.2. The third-order valence-electron chi connectivity index (χ3n) is 1.10. The minimum absolute atomic E-state index is 0.119. The van der Waals surface area contributed by atoms with Gasteiger partial charge >= 0.3 is 5.97 Å². The largest absolute Gasteiger partial charge is 0.455 e. The van der Waals surface area contributed by atoms with Crippen molar-refractivity contribution in [2.75, 3.05) is 0 Å². The monoisotopic (exact) mass is 183 g/mol. The molecule has 0 spiro atoms. The number of esters is 1. The Morgan fingerprint density at radius 1 is 1.38 bits per heavy atom. The van der Waals surface area contributed by atoms with E-state index in [0.29, 0.717) is 0 Å². The van der Waals surface area contributed by atoms with Crippen molar-refractivity contribution in [2.45, 2.75) is 33.3 Å². The van der Waals surface area contributed by atoms with Gasteiger partial charge in [-0.05, 0) is 33.8 Å². The first-order valence-corrected chi connectivity index (χ1v) is 4.18. The minimum Gasteiger partial charge on any atom is -0.455 e. The van der Waals surface area contributed by atoms with Crippen molar-refractivity contribution in [3.05, 3.63) is 23.9 Å². The molecule has 3 heteroatoms. The van der Waals surface area contributed by atoms with Gasteiger partial charge < -0.3 is 10.5 Å². The fraction of sp³-hybridized carbons (Fsp3) is 0.500. The number of allylic oxidation sites excluding steroid dienone is 3. The fourth-order valence-electron chi connectivity index (χ4n) is 0.605. The van der Waals surface area contributed by atoms with Crippen molar-refractivity contribution in [3.8, 4) is 0 Å². The van der Waals surface area contributed by atoms with Crippen LogP contribution in [0.25, 0.3) is 0 Å². The Bertz CT molecular complexity index is 234. The maximum Gasteiger partial charge on any atom is 0.354 e. The van der Waals surface area contributed by atoms with E-state index in [0.717, 1.165) is 0 Å². The van der Waals surface area contributed by atoms with E-state index < -0.39 is 11.6 Å². The van der Waals surface area contributed by atoms with E-state index in [1.807, 2.05) is 6.92 Å². The van der Waals surface area contributed by atoms with Crippen LogP contribution in [-0.4, -0.2) is 11.6 Å². The Kier molecular flexibility index (Phi) is 4.25. The molecule has 0 fully saturated rings. The van der Waals surface area contributed by atoms with Gasteiger partial charge in [0.05, 0.1) is 0 Å². The maximum atomic E-state index is 11.2. The zero-order valence-corrected chi connectivity index (χ0v) is 8.63. The Morgan fingerprint density at radius 2 is 1.92 bits per heavy atom. The molecule has 0 radical (unpaired) electrons. The zero-order valence-electron chi connectivity index (χ0n) is 8.63. The van der Waals surface area contributed by atoms with Crippen molar-refractivity contribution < 1.29 is 9.53 Å². The third-order valence-corrected chi connectivity index (χ3v) is 1.10. The summed E-state index contributed by atoms with van der Waals surface area (Å²) in [5.41, 5.74) is 5.07. The molecule has 0 bridgehead atoms. The zero-order chi connectivity index (χ0) is 10.5. The molecule has 74 valence electrons. The third kappa shape index (κ3) is 5.96. The second-order valence-corrected chi connectivity index (χ2v) is 3.65. The number of hydrogen-bond acceptors (Lipinski definition) is 3. The number of rotatable bonds is 2. The van der Waals surface area contributed by atoms with Crippen molar-refractivity contribution >= 4 is 5.97 Å². The van der Waals surface area contributed by atoms with Gasteiger partial charge in [0.15, 0.2) is 0 Å². The Hall–Kier alpha value is -1.25. The normalized spacial score (nSPS) is 13.4. The van der Waals surface area contributed by atoms with E-state index in [1.54, 1.807) is 32.9 Å². The van der Waals surface area contributed by atoms with E-state index in [9.17, 15) is 4.79 Å². The first-order valence-electron chi connectivity index (χ1n) is 4.18. The van der Waals surface area contributed by atoms with Crippen LogP contribution in [0.15, 0.2) is 23.9 Å². The number of hydrogen-bond donors (Lipinski definition) is 1. The van der Waals surface area contributed by atoms with Crippen LogP contribution in [0, 0.1) is 0 Å². The average Bonchev–Trinajstić information content (AvgIpc) is 1.96. The molecule has 0 unspecified atom stereocenters. The topological polar surface area (TPSA) is 52.3 Å². The summed E-state index contributed by atoms with van der Waals surface area (Å²) in [5, 5.41) is 0. The van der Waals surface area contributed by atoms with Gasteiger partial charge in [0.1, 0.15) is 11.3 Å². The Balaban J connectivity index is 4.28. The number of ether oxygens (including phenoxy) is 1. The lowest BCUT2D eigenvalue weighted by molar-refractivity contribution is -0.149. The molecule has 2 N–H and O–H groups in total. The van der Waals surface area contributed by atoms with Gasteiger partial charge in [-0.1, -0.05) is 12.2 Å². The molecule has 0 rings (SSSR count). The van der Waals surface area contributed by atoms with E-state index in [2.05, 4.69) is 0 Å². The molecule has 0 saturated carbocycles. The second kappa shape index (κ2) is 4.70. The van der Waals surface area contributed by atoms with Crippen molar-refractivity contribution in [2.24, 2.45) is 5.73 Å². The van der Waals surface area contributed by atoms with Gasteiger partial charge in [0.25, 0.3) is 0 Å². The van der Waals surface area contributed by atoms with E-state index in [1.165, 1.54) is 6.08 Å². The minimum atomic E-state index is -0.495. The smallest absolute Gasteiger partial charge is 0.354 e. The molecule has 0 aromatic rings. The van der Waals surface area contributed by atoms with Crippen LogP contribution in [0.1, 0.15) is 27.7 Å². The maximum absolute atomic E-state index is 11.2. The molecule has 0 aliphatic heterocycles. The summed E-state index contributed by atoms with van der Waals surface area (Å²) < 4.78 is 5.03. The molecule has 13 heavy (non-hydrogen) atoms. The molecule has 0 saturated heterocycles. The first-order chi connectivity index (χ1) is 5.87. The Labute approximate surface area is 79.3 Å². The van der Waals surface area contributed by atoms with Gasteiger partial charge in [0.2, 0.25) is 0 Å². The fourth-order valence-corrected chi connectivity index (χ4v) is 0.605. The molecule has 0 heterocycles. The summed E-state index contributed by atoms with van der Waals surface area (Å²) in [6, 6.07) is 0. The molecule has 0 aromatic carbocycles. The van der Waals surface area contributed by atoms with E-state index in [-0.39, 0.29) is 5.70 Å². The van der Waals surface area contributed by atoms with Gasteiger partial charge in [-0.2, -0.15) is 0 Å². The van der Waals surface area contributed by atoms with Crippen molar-refractivity contribution in [3.63, 3.8) is 0 Å². The number of carbonyl (C=O) groups is 1. The number of nitrogens with two attached hydrogens (primary N) is 1. The van der Waals surface area contributed by atoms with E-state index >= 15 is 0 Å². The molecular formula is C10H17NO2. The summed E-state index contributed by atoms with van der Waals surface area (Å²) in [6.45, 7) is 7.24.